The largest absolute Gasteiger partial charge is 0.506 e. The highest BCUT2D eigenvalue weighted by Gasteiger charge is 2.21. The van der Waals surface area contributed by atoms with Crippen LogP contribution in [0, 0.1) is 11.8 Å². The summed E-state index contributed by atoms with van der Waals surface area (Å²) in [6, 6.07) is 6.77. The minimum atomic E-state index is -1.30. The second-order valence-electron chi connectivity index (χ2n) is 5.99. The second kappa shape index (κ2) is 11.5. The summed E-state index contributed by atoms with van der Waals surface area (Å²) < 4.78 is 20.1. The highest BCUT2D eigenvalue weighted by molar-refractivity contribution is 7.84. The smallest absolute Gasteiger partial charge is 0.450 e. The third-order valence-corrected chi connectivity index (χ3v) is 4.10. The van der Waals surface area contributed by atoms with Crippen molar-refractivity contribution in [1.29, 1.82) is 0 Å². The van der Waals surface area contributed by atoms with E-state index in [2.05, 4.69) is 9.47 Å². The van der Waals surface area contributed by atoms with E-state index < -0.39 is 23.1 Å². The average molecular weight is 374 g/mol. The minimum Gasteiger partial charge on any atom is -0.450 e. The molecule has 0 saturated carbocycles. The molecule has 1 rings (SSSR count). The Labute approximate surface area is 150 Å². The van der Waals surface area contributed by atoms with Gasteiger partial charge in [0.1, 0.15) is 12.7 Å². The van der Waals surface area contributed by atoms with Crippen molar-refractivity contribution in [2.75, 3.05) is 6.26 Å². The molecule has 0 fully saturated rings. The van der Waals surface area contributed by atoms with Crippen LogP contribution in [0.1, 0.15) is 33.3 Å². The van der Waals surface area contributed by atoms with Gasteiger partial charge in [0, 0.05) is 22.0 Å². The van der Waals surface area contributed by atoms with Crippen LogP contribution in [0.5, 0.6) is 0 Å². The van der Waals surface area contributed by atoms with Gasteiger partial charge < -0.3 is 19.7 Å². The Balaban J connectivity index is 0.000000477. The molecule has 0 aliphatic rings. The van der Waals surface area contributed by atoms with Crippen LogP contribution in [0.4, 0.5) is 9.59 Å². The quantitative estimate of drug-likeness (QED) is 0.725. The molecule has 0 radical (unpaired) electrons. The van der Waals surface area contributed by atoms with E-state index >= 15 is 0 Å². The van der Waals surface area contributed by atoms with Gasteiger partial charge in [-0.25, -0.2) is 9.59 Å². The van der Waals surface area contributed by atoms with Gasteiger partial charge in [-0.1, -0.05) is 39.8 Å². The van der Waals surface area contributed by atoms with E-state index in [9.17, 15) is 13.8 Å². The van der Waals surface area contributed by atoms with Crippen LogP contribution in [-0.4, -0.2) is 39.1 Å². The van der Waals surface area contributed by atoms with Crippen LogP contribution in [0.15, 0.2) is 29.2 Å². The molecule has 25 heavy (non-hydrogen) atoms. The molecule has 0 amide bonds. The number of hydrogen-bond acceptors (Lipinski definition) is 5. The third kappa shape index (κ3) is 10.4. The van der Waals surface area contributed by atoms with Crippen LogP contribution in [-0.2, 0) is 26.9 Å². The molecule has 7 nitrogen and oxygen atoms in total. The van der Waals surface area contributed by atoms with Crippen LogP contribution < -0.4 is 0 Å². The van der Waals surface area contributed by atoms with E-state index in [1.165, 1.54) is 0 Å². The number of carboxylic acid groups (broad SMARTS) is 2. The summed E-state index contributed by atoms with van der Waals surface area (Å²) in [7, 11) is -1.01. The zero-order valence-electron chi connectivity index (χ0n) is 15.1. The van der Waals surface area contributed by atoms with E-state index in [0.717, 1.165) is 5.56 Å². The first-order valence-electron chi connectivity index (χ1n) is 7.72. The van der Waals surface area contributed by atoms with Crippen molar-refractivity contribution in [3.05, 3.63) is 29.8 Å². The first-order valence-corrected chi connectivity index (χ1v) is 9.28. The summed E-state index contributed by atoms with van der Waals surface area (Å²) in [6.07, 6.45) is -1.08. The van der Waals surface area contributed by atoms with Crippen molar-refractivity contribution in [1.82, 2.24) is 0 Å². The van der Waals surface area contributed by atoms with Gasteiger partial charge in [-0.05, 0) is 29.5 Å². The Hall–Kier alpha value is -2.09. The Morgan fingerprint density at radius 1 is 1.00 bits per heavy atom. The van der Waals surface area contributed by atoms with E-state index in [4.69, 9.17) is 10.2 Å². The molecule has 142 valence electrons. The fourth-order valence-electron chi connectivity index (χ4n) is 2.08. The van der Waals surface area contributed by atoms with Crippen molar-refractivity contribution in [2.45, 2.75) is 45.3 Å². The Morgan fingerprint density at radius 2 is 1.48 bits per heavy atom. The molecule has 0 saturated heterocycles. The molecule has 1 atom stereocenters. The number of rotatable bonds is 6. The molecule has 0 spiro atoms. The molecular weight excluding hydrogens is 348 g/mol. The van der Waals surface area contributed by atoms with Gasteiger partial charge in [-0.3, -0.25) is 4.21 Å². The molecular formula is C17H26O7S. The first-order chi connectivity index (χ1) is 11.5. The van der Waals surface area contributed by atoms with Crippen LogP contribution >= 0.6 is 0 Å². The summed E-state index contributed by atoms with van der Waals surface area (Å²) in [5, 5.41) is 16.6. The highest BCUT2D eigenvalue weighted by atomic mass is 32.2. The average Bonchev–Trinajstić information content (AvgIpc) is 2.51. The summed E-state index contributed by atoms with van der Waals surface area (Å²) in [5.74, 6) is 0.484. The maximum atomic E-state index is 11.0. The molecule has 0 aromatic heterocycles. The Kier molecular flexibility index (Phi) is 10.5. The molecule has 1 aromatic carbocycles. The maximum Gasteiger partial charge on any atom is 0.506 e. The number of benzene rings is 1. The summed E-state index contributed by atoms with van der Waals surface area (Å²) in [5.41, 5.74) is 0.738. The second-order valence-corrected chi connectivity index (χ2v) is 7.37. The van der Waals surface area contributed by atoms with Crippen molar-refractivity contribution >= 4 is 23.1 Å². The molecule has 0 heterocycles. The first kappa shape index (κ1) is 22.9. The molecule has 0 aliphatic heterocycles. The normalized spacial score (nSPS) is 11.7. The maximum absolute atomic E-state index is 11.0. The fraction of sp³-hybridized carbons (Fsp3) is 0.529. The lowest BCUT2D eigenvalue weighted by atomic mass is 9.96. The van der Waals surface area contributed by atoms with Gasteiger partial charge in [-0.15, -0.1) is 0 Å². The van der Waals surface area contributed by atoms with Crippen LogP contribution in [0.25, 0.3) is 0 Å². The van der Waals surface area contributed by atoms with Gasteiger partial charge in [-0.2, -0.15) is 0 Å². The lowest BCUT2D eigenvalue weighted by Crippen LogP contribution is -2.27. The molecule has 8 heteroatoms. The van der Waals surface area contributed by atoms with E-state index in [0.29, 0.717) is 4.90 Å². The standard InChI is InChI=1S/C9H10O4S.C8H16O3/c1-14(12)8-4-2-7(3-5-8)6-13-9(10)11;1-5(2)7(6(3)4)11-8(9)10/h2-5H,6H2,1H3,(H,10,11);5-7H,1-4H3,(H,9,10). The molecule has 0 bridgehead atoms. The van der Waals surface area contributed by atoms with Crippen molar-refractivity contribution in [3.8, 4) is 0 Å². The van der Waals surface area contributed by atoms with Crippen molar-refractivity contribution < 1.29 is 33.5 Å². The van der Waals surface area contributed by atoms with E-state index in [1.807, 2.05) is 27.7 Å². The van der Waals surface area contributed by atoms with Crippen LogP contribution in [0.3, 0.4) is 0 Å². The lowest BCUT2D eigenvalue weighted by molar-refractivity contribution is 0.00927. The summed E-state index contributed by atoms with van der Waals surface area (Å²) >= 11 is 0. The molecule has 1 aromatic rings. The van der Waals surface area contributed by atoms with Crippen molar-refractivity contribution in [3.63, 3.8) is 0 Å². The Morgan fingerprint density at radius 3 is 1.76 bits per heavy atom. The monoisotopic (exact) mass is 374 g/mol. The van der Waals surface area contributed by atoms with Gasteiger partial charge in [0.2, 0.25) is 0 Å². The van der Waals surface area contributed by atoms with Gasteiger partial charge in [0.15, 0.2) is 0 Å². The lowest BCUT2D eigenvalue weighted by Gasteiger charge is -2.22. The van der Waals surface area contributed by atoms with E-state index in [1.54, 1.807) is 30.5 Å². The topological polar surface area (TPSA) is 110 Å². The molecule has 1 unspecified atom stereocenters. The third-order valence-electron chi connectivity index (χ3n) is 3.17. The van der Waals surface area contributed by atoms with Crippen LogP contribution in [0.2, 0.25) is 0 Å². The van der Waals surface area contributed by atoms with Crippen molar-refractivity contribution in [2.24, 2.45) is 11.8 Å². The summed E-state index contributed by atoms with van der Waals surface area (Å²) in [6.45, 7) is 7.83. The predicted molar refractivity (Wildman–Crippen MR) is 94.2 cm³/mol. The number of carbonyl (C=O) groups is 2. The zero-order chi connectivity index (χ0) is 19.6. The van der Waals surface area contributed by atoms with Gasteiger partial charge >= 0.3 is 12.3 Å². The van der Waals surface area contributed by atoms with E-state index in [-0.39, 0.29) is 24.5 Å². The summed E-state index contributed by atoms with van der Waals surface area (Å²) in [4.78, 5) is 21.0. The van der Waals surface area contributed by atoms with Gasteiger partial charge in [0.05, 0.1) is 0 Å². The fourth-order valence-corrected chi connectivity index (χ4v) is 2.60. The Bertz CT molecular complexity index is 559. The molecule has 0 aliphatic carbocycles. The number of ether oxygens (including phenoxy) is 2. The van der Waals surface area contributed by atoms with Gasteiger partial charge in [0.25, 0.3) is 0 Å². The molecule has 2 N–H and O–H groups in total. The predicted octanol–water partition coefficient (Wildman–Crippen LogP) is 3.98. The SMILES string of the molecule is CC(C)C(OC(=O)O)C(C)C.CS(=O)c1ccc(COC(=O)O)cc1. The minimum absolute atomic E-state index is 0.0198. The highest BCUT2D eigenvalue weighted by Crippen LogP contribution is 2.15. The zero-order valence-corrected chi connectivity index (χ0v) is 15.9. The number of hydrogen-bond donors (Lipinski definition) is 2.